The van der Waals surface area contributed by atoms with Crippen molar-refractivity contribution in [1.82, 2.24) is 0 Å². The second-order valence-corrected chi connectivity index (χ2v) is 9.27. The number of methoxy groups -OCH3 is 1. The first kappa shape index (κ1) is 25.0. The van der Waals surface area contributed by atoms with E-state index in [1.54, 1.807) is 12.1 Å². The summed E-state index contributed by atoms with van der Waals surface area (Å²) in [4.78, 5) is 27.1. The number of non-ortho nitro benzene ring substituents is 1. The van der Waals surface area contributed by atoms with E-state index in [0.29, 0.717) is 17.1 Å². The molecule has 11 heteroatoms. The van der Waals surface area contributed by atoms with E-state index in [-0.39, 0.29) is 39.5 Å². The third-order valence-electron chi connectivity index (χ3n) is 4.84. The first-order valence-electron chi connectivity index (χ1n) is 9.97. The third kappa shape index (κ3) is 5.75. The maximum Gasteiger partial charge on any atom is 0.363 e. The van der Waals surface area contributed by atoms with Gasteiger partial charge in [-0.25, -0.2) is 9.79 Å². The van der Waals surface area contributed by atoms with E-state index in [1.165, 1.54) is 31.4 Å². The van der Waals surface area contributed by atoms with Crippen LogP contribution in [-0.2, 0) is 16.1 Å². The number of carbonyl (C=O) groups is 1. The SMILES string of the molecule is COc1cc(/C=C2\N=C(c3cc([N+](=O)[O-])ccc3Cl)OC2=O)cc(Cl)c1OCc1cccc(I)c1. The van der Waals surface area contributed by atoms with Crippen molar-refractivity contribution < 1.29 is 23.9 Å². The number of benzene rings is 3. The highest BCUT2D eigenvalue weighted by Gasteiger charge is 2.27. The van der Waals surface area contributed by atoms with Gasteiger partial charge in [-0.1, -0.05) is 35.3 Å². The summed E-state index contributed by atoms with van der Waals surface area (Å²) in [5.41, 5.74) is 1.37. The lowest BCUT2D eigenvalue weighted by molar-refractivity contribution is -0.384. The highest BCUT2D eigenvalue weighted by Crippen LogP contribution is 2.38. The monoisotopic (exact) mass is 624 g/mol. The summed E-state index contributed by atoms with van der Waals surface area (Å²) in [7, 11) is 1.48. The van der Waals surface area contributed by atoms with E-state index in [0.717, 1.165) is 9.13 Å². The van der Waals surface area contributed by atoms with Gasteiger partial charge in [0.2, 0.25) is 5.90 Å². The van der Waals surface area contributed by atoms with Crippen molar-refractivity contribution in [3.63, 3.8) is 0 Å². The van der Waals surface area contributed by atoms with Crippen molar-refractivity contribution in [2.45, 2.75) is 6.61 Å². The molecule has 0 amide bonds. The smallest absolute Gasteiger partial charge is 0.363 e. The number of nitro benzene ring substituents is 1. The van der Waals surface area contributed by atoms with Crippen LogP contribution in [0.2, 0.25) is 10.0 Å². The molecule has 1 aliphatic heterocycles. The zero-order chi connectivity index (χ0) is 25.1. The summed E-state index contributed by atoms with van der Waals surface area (Å²) < 4.78 is 17.6. The largest absolute Gasteiger partial charge is 0.493 e. The average molecular weight is 625 g/mol. The molecule has 0 fully saturated rings. The fourth-order valence-electron chi connectivity index (χ4n) is 3.22. The predicted octanol–water partition coefficient (Wildman–Crippen LogP) is 6.44. The Morgan fingerprint density at radius 3 is 2.66 bits per heavy atom. The van der Waals surface area contributed by atoms with Gasteiger partial charge < -0.3 is 14.2 Å². The van der Waals surface area contributed by atoms with Gasteiger partial charge in [-0.15, -0.1) is 0 Å². The van der Waals surface area contributed by atoms with Crippen molar-refractivity contribution in [2.75, 3.05) is 7.11 Å². The normalized spacial score (nSPS) is 14.0. The van der Waals surface area contributed by atoms with Gasteiger partial charge in [0.15, 0.2) is 17.2 Å². The molecule has 3 aromatic carbocycles. The lowest BCUT2D eigenvalue weighted by Gasteiger charge is -2.13. The van der Waals surface area contributed by atoms with Crippen molar-refractivity contribution in [3.8, 4) is 11.5 Å². The Kier molecular flexibility index (Phi) is 7.58. The highest BCUT2D eigenvalue weighted by molar-refractivity contribution is 14.1. The van der Waals surface area contributed by atoms with Gasteiger partial charge in [0.1, 0.15) is 6.61 Å². The molecule has 0 saturated carbocycles. The molecule has 1 heterocycles. The molecular formula is C24H15Cl2IN2O6. The van der Waals surface area contributed by atoms with Gasteiger partial charge in [-0.3, -0.25) is 10.1 Å². The van der Waals surface area contributed by atoms with Crippen molar-refractivity contribution >= 4 is 69.4 Å². The summed E-state index contributed by atoms with van der Waals surface area (Å²) >= 11 is 14.8. The first-order chi connectivity index (χ1) is 16.7. The Morgan fingerprint density at radius 2 is 1.94 bits per heavy atom. The molecule has 0 bridgehead atoms. The average Bonchev–Trinajstić information content (AvgIpc) is 3.18. The third-order valence-corrected chi connectivity index (χ3v) is 6.12. The minimum atomic E-state index is -0.739. The number of rotatable bonds is 7. The maximum atomic E-state index is 12.4. The Balaban J connectivity index is 1.62. The summed E-state index contributed by atoms with van der Waals surface area (Å²) in [5, 5.41) is 11.5. The molecule has 8 nitrogen and oxygen atoms in total. The molecule has 178 valence electrons. The first-order valence-corrected chi connectivity index (χ1v) is 11.8. The van der Waals surface area contributed by atoms with Crippen LogP contribution < -0.4 is 9.47 Å². The van der Waals surface area contributed by atoms with E-state index in [9.17, 15) is 14.9 Å². The molecule has 1 aliphatic rings. The highest BCUT2D eigenvalue weighted by atomic mass is 127. The minimum Gasteiger partial charge on any atom is -0.493 e. The fraction of sp³-hybridized carbons (Fsp3) is 0.0833. The molecule has 3 aromatic rings. The number of nitrogens with zero attached hydrogens (tertiary/aromatic N) is 2. The number of ether oxygens (including phenoxy) is 3. The van der Waals surface area contributed by atoms with Crippen LogP contribution in [-0.4, -0.2) is 23.9 Å². The van der Waals surface area contributed by atoms with E-state index in [2.05, 4.69) is 27.6 Å². The summed E-state index contributed by atoms with van der Waals surface area (Å²) in [6, 6.07) is 14.9. The molecule has 0 aliphatic carbocycles. The Morgan fingerprint density at radius 1 is 1.14 bits per heavy atom. The molecular weight excluding hydrogens is 610 g/mol. The lowest BCUT2D eigenvalue weighted by Crippen LogP contribution is -2.06. The maximum absolute atomic E-state index is 12.4. The summed E-state index contributed by atoms with van der Waals surface area (Å²) in [6.07, 6.45) is 1.46. The molecule has 0 radical (unpaired) electrons. The molecule has 0 saturated heterocycles. The Bertz CT molecular complexity index is 1410. The van der Waals surface area contributed by atoms with E-state index in [4.69, 9.17) is 37.4 Å². The van der Waals surface area contributed by atoms with Crippen LogP contribution in [0.4, 0.5) is 5.69 Å². The van der Waals surface area contributed by atoms with Crippen molar-refractivity contribution in [2.24, 2.45) is 4.99 Å². The molecule has 0 N–H and O–H groups in total. The zero-order valence-electron chi connectivity index (χ0n) is 18.0. The van der Waals surface area contributed by atoms with Crippen molar-refractivity contribution in [3.05, 3.63) is 101 Å². The number of hydrogen-bond acceptors (Lipinski definition) is 7. The van der Waals surface area contributed by atoms with Gasteiger partial charge in [0.25, 0.3) is 5.69 Å². The van der Waals surface area contributed by atoms with E-state index < -0.39 is 10.9 Å². The zero-order valence-corrected chi connectivity index (χ0v) is 21.6. The van der Waals surface area contributed by atoms with E-state index >= 15 is 0 Å². The van der Waals surface area contributed by atoms with Crippen LogP contribution in [0.15, 0.2) is 65.3 Å². The number of nitro groups is 1. The van der Waals surface area contributed by atoms with Crippen LogP contribution in [0.5, 0.6) is 11.5 Å². The number of halogens is 3. The minimum absolute atomic E-state index is 0.0341. The predicted molar refractivity (Wildman–Crippen MR) is 140 cm³/mol. The second-order valence-electron chi connectivity index (χ2n) is 7.21. The van der Waals surface area contributed by atoms with Gasteiger partial charge >= 0.3 is 5.97 Å². The standard InChI is InChI=1S/C24H15Cl2IN2O6/c1-33-21-10-14(8-19(26)22(21)34-12-13-3-2-4-15(27)7-13)9-20-24(30)35-23(28-20)17-11-16(29(31)32)5-6-18(17)25/h2-11H,12H2,1H3/b20-9-. The number of aliphatic imine (C=N–C) groups is 1. The lowest BCUT2D eigenvalue weighted by atomic mass is 10.1. The van der Waals surface area contributed by atoms with Gasteiger partial charge in [0.05, 0.1) is 27.6 Å². The van der Waals surface area contributed by atoms with Crippen LogP contribution >= 0.6 is 45.8 Å². The van der Waals surface area contributed by atoms with Crippen LogP contribution in [0.25, 0.3) is 6.08 Å². The molecule has 35 heavy (non-hydrogen) atoms. The van der Waals surface area contributed by atoms with Crippen LogP contribution in [0.1, 0.15) is 16.7 Å². The molecule has 4 rings (SSSR count). The van der Waals surface area contributed by atoms with Gasteiger partial charge in [-0.05, 0) is 70.1 Å². The molecule has 0 atom stereocenters. The number of carbonyl (C=O) groups excluding carboxylic acids is 1. The topological polar surface area (TPSA) is 100 Å². The number of cyclic esters (lactones) is 1. The summed E-state index contributed by atoms with van der Waals surface area (Å²) in [6.45, 7) is 0.289. The van der Waals surface area contributed by atoms with E-state index in [1.807, 2.05) is 24.3 Å². The van der Waals surface area contributed by atoms with Crippen molar-refractivity contribution in [1.29, 1.82) is 0 Å². The quantitative estimate of drug-likeness (QED) is 0.0986. The molecule has 0 unspecified atom stereocenters. The Labute approximate surface area is 223 Å². The summed E-state index contributed by atoms with van der Waals surface area (Å²) in [5.74, 6) is -0.147. The van der Waals surface area contributed by atoms with Gasteiger partial charge in [-0.2, -0.15) is 0 Å². The fourth-order valence-corrected chi connectivity index (χ4v) is 4.30. The van der Waals surface area contributed by atoms with Gasteiger partial charge in [0, 0.05) is 15.7 Å². The Hall–Kier alpha value is -3.15. The molecule has 0 spiro atoms. The number of esters is 1. The number of hydrogen-bond donors (Lipinski definition) is 0. The molecule has 0 aromatic heterocycles. The van der Waals surface area contributed by atoms with Crippen LogP contribution in [0, 0.1) is 13.7 Å². The van der Waals surface area contributed by atoms with Crippen LogP contribution in [0.3, 0.4) is 0 Å². The second kappa shape index (κ2) is 10.6.